The number of rotatable bonds is 6. The lowest BCUT2D eigenvalue weighted by Crippen LogP contribution is -2.13. The number of aromatic nitrogens is 2. The molecule has 4 heteroatoms. The normalized spacial score (nSPS) is 14.4. The Kier molecular flexibility index (Phi) is 5.22. The topological polar surface area (TPSA) is 37.9 Å². The van der Waals surface area contributed by atoms with Crippen molar-refractivity contribution in [2.45, 2.75) is 45.6 Å². The number of hydrogen-bond acceptors (Lipinski definition) is 2. The molecule has 2 aromatic carbocycles. The maximum Gasteiger partial charge on any atom is 0.138 e. The highest BCUT2D eigenvalue weighted by Gasteiger charge is 2.17. The molecular weight excluding hydrogens is 356 g/mol. The first-order chi connectivity index (χ1) is 13.1. The molecule has 0 radical (unpaired) electrons. The van der Waals surface area contributed by atoms with Crippen LogP contribution in [0.25, 0.3) is 22.5 Å². The van der Waals surface area contributed by atoms with E-state index in [0.717, 1.165) is 28.4 Å². The molecule has 3 nitrogen and oxygen atoms in total. The molecule has 0 bridgehead atoms. The smallest absolute Gasteiger partial charge is 0.138 e. The third-order valence-electron chi connectivity index (χ3n) is 5.18. The van der Waals surface area contributed by atoms with Crippen LogP contribution in [0.5, 0.6) is 5.75 Å². The van der Waals surface area contributed by atoms with Gasteiger partial charge in [0.1, 0.15) is 5.75 Å². The first-order valence-corrected chi connectivity index (χ1v) is 10.1. The van der Waals surface area contributed by atoms with Crippen LogP contribution < -0.4 is 4.74 Å². The Morgan fingerprint density at radius 2 is 1.81 bits per heavy atom. The van der Waals surface area contributed by atoms with Gasteiger partial charge in [-0.1, -0.05) is 55.1 Å². The van der Waals surface area contributed by atoms with Crippen LogP contribution in [-0.4, -0.2) is 16.3 Å². The molecule has 1 saturated carbocycles. The van der Waals surface area contributed by atoms with Crippen molar-refractivity contribution < 1.29 is 4.74 Å². The van der Waals surface area contributed by atoms with Crippen molar-refractivity contribution in [3.63, 3.8) is 0 Å². The Labute approximate surface area is 165 Å². The lowest BCUT2D eigenvalue weighted by atomic mass is 9.81. The van der Waals surface area contributed by atoms with Gasteiger partial charge in [0.2, 0.25) is 0 Å². The number of hydrogen-bond donors (Lipinski definition) is 1. The molecule has 0 spiro atoms. The summed E-state index contributed by atoms with van der Waals surface area (Å²) < 4.78 is 5.70. The molecule has 1 fully saturated rings. The zero-order chi connectivity index (χ0) is 18.8. The van der Waals surface area contributed by atoms with Gasteiger partial charge in [0, 0.05) is 5.56 Å². The van der Waals surface area contributed by atoms with E-state index in [1.807, 2.05) is 32.0 Å². The maximum absolute atomic E-state index is 6.36. The summed E-state index contributed by atoms with van der Waals surface area (Å²) in [5.41, 5.74) is 5.44. The quantitative estimate of drug-likeness (QED) is 0.528. The Hall–Kier alpha value is -2.26. The van der Waals surface area contributed by atoms with Crippen LogP contribution in [0.3, 0.4) is 0 Å². The van der Waals surface area contributed by atoms with E-state index in [2.05, 4.69) is 40.5 Å². The fourth-order valence-corrected chi connectivity index (χ4v) is 3.70. The minimum Gasteiger partial charge on any atom is -0.489 e. The Balaban J connectivity index is 1.50. The first-order valence-electron chi connectivity index (χ1n) is 9.70. The van der Waals surface area contributed by atoms with Crippen LogP contribution in [0.1, 0.15) is 38.7 Å². The van der Waals surface area contributed by atoms with E-state index in [0.29, 0.717) is 10.8 Å². The van der Waals surface area contributed by atoms with Crippen LogP contribution in [0, 0.1) is 5.92 Å². The maximum atomic E-state index is 6.36. The lowest BCUT2D eigenvalue weighted by molar-refractivity contribution is 0.242. The highest BCUT2D eigenvalue weighted by atomic mass is 35.5. The summed E-state index contributed by atoms with van der Waals surface area (Å²) in [6, 6.07) is 16.7. The Bertz CT molecular complexity index is 910. The van der Waals surface area contributed by atoms with E-state index in [1.54, 1.807) is 0 Å². The fraction of sp³-hybridized carbons (Fsp3) is 0.348. The number of nitrogens with zero attached hydrogens (tertiary/aromatic N) is 1. The van der Waals surface area contributed by atoms with Crippen LogP contribution >= 0.6 is 11.6 Å². The Morgan fingerprint density at radius 3 is 2.44 bits per heavy atom. The van der Waals surface area contributed by atoms with Gasteiger partial charge in [0.15, 0.2) is 0 Å². The SMILES string of the molecule is CC(C)Oc1ccc(-c2cc(-c3ccc(CC4CCC4)cc3)[nH]n2)cc1Cl. The molecule has 0 atom stereocenters. The van der Waals surface area contributed by atoms with Crippen molar-refractivity contribution in [1.29, 1.82) is 0 Å². The summed E-state index contributed by atoms with van der Waals surface area (Å²) in [5, 5.41) is 8.21. The zero-order valence-corrected chi connectivity index (χ0v) is 16.6. The molecule has 4 rings (SSSR count). The molecule has 27 heavy (non-hydrogen) atoms. The monoisotopic (exact) mass is 380 g/mol. The van der Waals surface area contributed by atoms with Gasteiger partial charge in [-0.2, -0.15) is 5.10 Å². The molecule has 1 aliphatic carbocycles. The van der Waals surface area contributed by atoms with Crippen LogP contribution in [-0.2, 0) is 6.42 Å². The number of benzene rings is 2. The van der Waals surface area contributed by atoms with Crippen LogP contribution in [0.15, 0.2) is 48.5 Å². The van der Waals surface area contributed by atoms with Crippen molar-refractivity contribution in [3.05, 3.63) is 59.1 Å². The van der Waals surface area contributed by atoms with E-state index in [4.69, 9.17) is 16.3 Å². The number of nitrogens with one attached hydrogen (secondary N) is 1. The van der Waals surface area contributed by atoms with E-state index in [9.17, 15) is 0 Å². The standard InChI is InChI=1S/C23H25ClN2O/c1-15(2)27-23-11-10-19(13-20(23)24)22-14-21(25-26-22)18-8-6-17(7-9-18)12-16-4-3-5-16/h6-11,13-16H,3-5,12H2,1-2H3,(H,25,26). The third kappa shape index (κ3) is 4.19. The summed E-state index contributed by atoms with van der Waals surface area (Å²) in [6.45, 7) is 3.98. The van der Waals surface area contributed by atoms with Gasteiger partial charge in [-0.15, -0.1) is 0 Å². The second kappa shape index (κ2) is 7.77. The third-order valence-corrected chi connectivity index (χ3v) is 5.48. The minimum absolute atomic E-state index is 0.0950. The molecule has 0 unspecified atom stereocenters. The number of aromatic amines is 1. The second-order valence-corrected chi connectivity index (χ2v) is 8.08. The summed E-state index contributed by atoms with van der Waals surface area (Å²) in [4.78, 5) is 0. The molecule has 3 aromatic rings. The lowest BCUT2D eigenvalue weighted by Gasteiger charge is -2.25. The Morgan fingerprint density at radius 1 is 1.07 bits per heavy atom. The van der Waals surface area contributed by atoms with E-state index >= 15 is 0 Å². The summed E-state index contributed by atoms with van der Waals surface area (Å²) in [5.74, 6) is 1.59. The highest BCUT2D eigenvalue weighted by molar-refractivity contribution is 6.32. The molecule has 140 valence electrons. The van der Waals surface area contributed by atoms with E-state index in [-0.39, 0.29) is 6.10 Å². The number of ether oxygens (including phenoxy) is 1. The summed E-state index contributed by atoms with van der Waals surface area (Å²) in [7, 11) is 0. The highest BCUT2D eigenvalue weighted by Crippen LogP contribution is 2.33. The summed E-state index contributed by atoms with van der Waals surface area (Å²) >= 11 is 6.36. The predicted octanol–water partition coefficient (Wildman–Crippen LogP) is 6.53. The second-order valence-electron chi connectivity index (χ2n) is 7.68. The van der Waals surface area contributed by atoms with Gasteiger partial charge in [-0.3, -0.25) is 5.10 Å². The molecule has 1 aromatic heterocycles. The average molecular weight is 381 g/mol. The predicted molar refractivity (Wildman–Crippen MR) is 111 cm³/mol. The molecule has 1 N–H and O–H groups in total. The number of halogens is 1. The van der Waals surface area contributed by atoms with Crippen LogP contribution in [0.2, 0.25) is 5.02 Å². The van der Waals surface area contributed by atoms with Gasteiger partial charge in [0.25, 0.3) is 0 Å². The molecule has 1 aliphatic rings. The van der Waals surface area contributed by atoms with Gasteiger partial charge in [-0.25, -0.2) is 0 Å². The van der Waals surface area contributed by atoms with Crippen LogP contribution in [0.4, 0.5) is 0 Å². The van der Waals surface area contributed by atoms with Gasteiger partial charge < -0.3 is 4.74 Å². The number of H-pyrrole nitrogens is 1. The molecular formula is C23H25ClN2O. The van der Waals surface area contributed by atoms with Crippen molar-refractivity contribution in [3.8, 4) is 28.3 Å². The summed E-state index contributed by atoms with van der Waals surface area (Å²) in [6.07, 6.45) is 5.47. The minimum atomic E-state index is 0.0950. The van der Waals surface area contributed by atoms with Gasteiger partial charge in [-0.05, 0) is 61.6 Å². The molecule has 0 amide bonds. The van der Waals surface area contributed by atoms with Gasteiger partial charge in [0.05, 0.1) is 22.5 Å². The van der Waals surface area contributed by atoms with Gasteiger partial charge >= 0.3 is 0 Å². The fourth-order valence-electron chi connectivity index (χ4n) is 3.48. The van der Waals surface area contributed by atoms with E-state index in [1.165, 1.54) is 31.2 Å². The first kappa shape index (κ1) is 18.1. The van der Waals surface area contributed by atoms with Crippen molar-refractivity contribution in [1.82, 2.24) is 10.2 Å². The molecule has 1 heterocycles. The molecule has 0 aliphatic heterocycles. The zero-order valence-electron chi connectivity index (χ0n) is 15.8. The van der Waals surface area contributed by atoms with Crippen molar-refractivity contribution >= 4 is 11.6 Å². The molecule has 0 saturated heterocycles. The largest absolute Gasteiger partial charge is 0.489 e. The van der Waals surface area contributed by atoms with Crippen molar-refractivity contribution in [2.24, 2.45) is 5.92 Å². The van der Waals surface area contributed by atoms with E-state index < -0.39 is 0 Å². The van der Waals surface area contributed by atoms with Crippen molar-refractivity contribution in [2.75, 3.05) is 0 Å². The average Bonchev–Trinajstić information content (AvgIpc) is 3.10.